The number of aliphatic hydroxyl groups excluding tert-OH is 1. The smallest absolute Gasteiger partial charge is 0.119 e. The van der Waals surface area contributed by atoms with Gasteiger partial charge in [0.05, 0.1) is 0 Å². The predicted octanol–water partition coefficient (Wildman–Crippen LogP) is 4.03. The maximum atomic E-state index is 10.2. The molecule has 0 aromatic heterocycles. The fourth-order valence-corrected chi connectivity index (χ4v) is 3.52. The molecule has 134 valence electrons. The van der Waals surface area contributed by atoms with Crippen molar-refractivity contribution in [1.82, 2.24) is 4.90 Å². The number of β-amino-alcohol motifs (C(OH)–C–C–N with tert-alkyl or cyclic N) is 1. The summed E-state index contributed by atoms with van der Waals surface area (Å²) in [5.41, 5.74) is 1.43. The minimum absolute atomic E-state index is 0.311. The molecule has 0 aliphatic carbocycles. The van der Waals surface area contributed by atoms with Crippen LogP contribution in [0.15, 0.2) is 54.6 Å². The molecular weight excluding hydrogens is 334 g/mol. The molecule has 0 saturated carbocycles. The van der Waals surface area contributed by atoms with Crippen LogP contribution >= 0.6 is 11.6 Å². The van der Waals surface area contributed by atoms with Crippen molar-refractivity contribution in [3.05, 3.63) is 65.2 Å². The predicted molar refractivity (Wildman–Crippen MR) is 102 cm³/mol. The fourth-order valence-electron chi connectivity index (χ4n) is 3.39. The Bertz CT molecular complexity index is 624. The van der Waals surface area contributed by atoms with E-state index in [0.29, 0.717) is 18.2 Å². The topological polar surface area (TPSA) is 32.7 Å². The summed E-state index contributed by atoms with van der Waals surface area (Å²) in [6.07, 6.45) is 3.08. The number of ether oxygens (including phenoxy) is 1. The van der Waals surface area contributed by atoms with Crippen LogP contribution in [0.5, 0.6) is 5.75 Å². The Morgan fingerprint density at radius 1 is 1.04 bits per heavy atom. The van der Waals surface area contributed by atoms with Gasteiger partial charge in [0.1, 0.15) is 18.5 Å². The summed E-state index contributed by atoms with van der Waals surface area (Å²) in [7, 11) is 0. The van der Waals surface area contributed by atoms with E-state index in [-0.39, 0.29) is 0 Å². The highest BCUT2D eigenvalue weighted by Gasteiger charge is 2.21. The molecule has 2 aromatic rings. The van der Waals surface area contributed by atoms with Gasteiger partial charge in [-0.1, -0.05) is 41.9 Å². The maximum Gasteiger partial charge on any atom is 0.119 e. The normalized spacial score (nSPS) is 17.4. The van der Waals surface area contributed by atoms with Gasteiger partial charge in [0, 0.05) is 11.6 Å². The quantitative estimate of drug-likeness (QED) is 0.810. The highest BCUT2D eigenvalue weighted by atomic mass is 35.5. The molecule has 1 fully saturated rings. The number of aliphatic hydroxyl groups is 1. The number of piperidine rings is 1. The van der Waals surface area contributed by atoms with Gasteiger partial charge in [0.2, 0.25) is 0 Å². The van der Waals surface area contributed by atoms with Crippen molar-refractivity contribution in [2.24, 2.45) is 5.92 Å². The third-order valence-corrected chi connectivity index (χ3v) is 5.05. The lowest BCUT2D eigenvalue weighted by Crippen LogP contribution is -2.41. The average molecular weight is 360 g/mol. The van der Waals surface area contributed by atoms with E-state index in [9.17, 15) is 5.11 Å². The number of hydrogen-bond donors (Lipinski definition) is 1. The number of halogens is 1. The average Bonchev–Trinajstić information content (AvgIpc) is 2.64. The van der Waals surface area contributed by atoms with Crippen molar-refractivity contribution in [2.75, 3.05) is 26.2 Å². The van der Waals surface area contributed by atoms with Gasteiger partial charge in [-0.3, -0.25) is 0 Å². The van der Waals surface area contributed by atoms with Gasteiger partial charge < -0.3 is 14.7 Å². The van der Waals surface area contributed by atoms with Crippen LogP contribution in [0.25, 0.3) is 0 Å². The molecule has 0 bridgehead atoms. The molecule has 1 saturated heterocycles. The van der Waals surface area contributed by atoms with Crippen molar-refractivity contribution in [3.63, 3.8) is 0 Å². The van der Waals surface area contributed by atoms with Gasteiger partial charge in [-0.15, -0.1) is 0 Å². The fraction of sp³-hybridized carbons (Fsp3) is 0.429. The lowest BCUT2D eigenvalue weighted by Gasteiger charge is -2.33. The summed E-state index contributed by atoms with van der Waals surface area (Å²) in [5.74, 6) is 1.49. The Balaban J connectivity index is 1.36. The molecule has 0 spiro atoms. The second-order valence-electron chi connectivity index (χ2n) is 6.85. The van der Waals surface area contributed by atoms with Gasteiger partial charge in [-0.05, 0) is 68.1 Å². The Labute approximate surface area is 155 Å². The SMILES string of the molecule is OC(COc1ccc(Cl)cc1)CN1CCC(Cc2ccccc2)CC1. The van der Waals surface area contributed by atoms with Crippen molar-refractivity contribution in [1.29, 1.82) is 0 Å². The van der Waals surface area contributed by atoms with Crippen LogP contribution in [0.3, 0.4) is 0 Å². The molecule has 1 aliphatic heterocycles. The first-order chi connectivity index (χ1) is 12.2. The summed E-state index contributed by atoms with van der Waals surface area (Å²) in [5, 5.41) is 10.9. The molecule has 3 nitrogen and oxygen atoms in total. The third-order valence-electron chi connectivity index (χ3n) is 4.80. The monoisotopic (exact) mass is 359 g/mol. The zero-order valence-electron chi connectivity index (χ0n) is 14.5. The summed E-state index contributed by atoms with van der Waals surface area (Å²) < 4.78 is 5.63. The number of nitrogens with zero attached hydrogens (tertiary/aromatic N) is 1. The van der Waals surface area contributed by atoms with E-state index < -0.39 is 6.10 Å². The molecular formula is C21H26ClNO2. The standard InChI is InChI=1S/C21H26ClNO2/c22-19-6-8-21(9-7-19)25-16-20(24)15-23-12-10-18(11-13-23)14-17-4-2-1-3-5-17/h1-9,18,20,24H,10-16H2. The zero-order chi connectivity index (χ0) is 17.5. The number of hydrogen-bond acceptors (Lipinski definition) is 3. The van der Waals surface area contributed by atoms with E-state index in [1.54, 1.807) is 12.1 Å². The minimum Gasteiger partial charge on any atom is -0.491 e. The van der Waals surface area contributed by atoms with Gasteiger partial charge in [0.25, 0.3) is 0 Å². The van der Waals surface area contributed by atoms with Gasteiger partial charge in [0.15, 0.2) is 0 Å². The lowest BCUT2D eigenvalue weighted by molar-refractivity contribution is 0.0550. The summed E-state index contributed by atoms with van der Waals surface area (Å²) in [6, 6.07) is 18.0. The van der Waals surface area contributed by atoms with E-state index >= 15 is 0 Å². The molecule has 1 unspecified atom stereocenters. The molecule has 4 heteroatoms. The molecule has 1 atom stereocenters. The third kappa shape index (κ3) is 6.03. The summed E-state index contributed by atoms with van der Waals surface area (Å²) >= 11 is 5.85. The molecule has 3 rings (SSSR count). The first-order valence-corrected chi connectivity index (χ1v) is 9.39. The Morgan fingerprint density at radius 2 is 1.72 bits per heavy atom. The Hall–Kier alpha value is -1.55. The van der Waals surface area contributed by atoms with E-state index in [0.717, 1.165) is 31.2 Å². The maximum absolute atomic E-state index is 10.2. The van der Waals surface area contributed by atoms with Gasteiger partial charge >= 0.3 is 0 Å². The molecule has 1 heterocycles. The van der Waals surface area contributed by atoms with E-state index in [2.05, 4.69) is 35.2 Å². The van der Waals surface area contributed by atoms with Crippen molar-refractivity contribution in [2.45, 2.75) is 25.4 Å². The highest BCUT2D eigenvalue weighted by molar-refractivity contribution is 6.30. The van der Waals surface area contributed by atoms with Crippen LogP contribution in [0.1, 0.15) is 18.4 Å². The van der Waals surface area contributed by atoms with Gasteiger partial charge in [-0.2, -0.15) is 0 Å². The van der Waals surface area contributed by atoms with Crippen LogP contribution in [-0.4, -0.2) is 42.4 Å². The highest BCUT2D eigenvalue weighted by Crippen LogP contribution is 2.22. The Kier molecular flexibility index (Phi) is 6.74. The molecule has 0 amide bonds. The first-order valence-electron chi connectivity index (χ1n) is 9.02. The van der Waals surface area contributed by atoms with E-state index in [4.69, 9.17) is 16.3 Å². The largest absolute Gasteiger partial charge is 0.491 e. The molecule has 1 aliphatic rings. The molecule has 2 aromatic carbocycles. The zero-order valence-corrected chi connectivity index (χ0v) is 15.2. The second kappa shape index (κ2) is 9.23. The van der Waals surface area contributed by atoms with Gasteiger partial charge in [-0.25, -0.2) is 0 Å². The van der Waals surface area contributed by atoms with Crippen LogP contribution < -0.4 is 4.74 Å². The van der Waals surface area contributed by atoms with Crippen molar-refractivity contribution >= 4 is 11.6 Å². The van der Waals surface area contributed by atoms with E-state index in [1.165, 1.54) is 18.4 Å². The van der Waals surface area contributed by atoms with E-state index in [1.807, 2.05) is 12.1 Å². The van der Waals surface area contributed by atoms with Crippen molar-refractivity contribution in [3.8, 4) is 5.75 Å². The Morgan fingerprint density at radius 3 is 2.40 bits per heavy atom. The molecule has 0 radical (unpaired) electrons. The number of likely N-dealkylation sites (tertiary alicyclic amines) is 1. The second-order valence-corrected chi connectivity index (χ2v) is 7.29. The number of rotatable bonds is 7. The summed E-state index contributed by atoms with van der Waals surface area (Å²) in [4.78, 5) is 2.34. The summed E-state index contributed by atoms with van der Waals surface area (Å²) in [6.45, 7) is 3.09. The first kappa shape index (κ1) is 18.2. The minimum atomic E-state index is -0.471. The molecule has 25 heavy (non-hydrogen) atoms. The van der Waals surface area contributed by atoms with Crippen LogP contribution in [0, 0.1) is 5.92 Å². The molecule has 1 N–H and O–H groups in total. The van der Waals surface area contributed by atoms with Crippen LogP contribution in [0.4, 0.5) is 0 Å². The number of benzene rings is 2. The van der Waals surface area contributed by atoms with Crippen LogP contribution in [-0.2, 0) is 6.42 Å². The lowest BCUT2D eigenvalue weighted by atomic mass is 9.90. The van der Waals surface area contributed by atoms with Crippen molar-refractivity contribution < 1.29 is 9.84 Å². The van der Waals surface area contributed by atoms with Crippen LogP contribution in [0.2, 0.25) is 5.02 Å².